The van der Waals surface area contributed by atoms with E-state index in [4.69, 9.17) is 0 Å². The summed E-state index contributed by atoms with van der Waals surface area (Å²) in [5, 5.41) is 37.2. The zero-order valence-corrected chi connectivity index (χ0v) is 25.2. The van der Waals surface area contributed by atoms with Crippen molar-refractivity contribution in [3.63, 3.8) is 0 Å². The Kier molecular flexibility index (Phi) is 9.53. The molecule has 5 atom stereocenters. The van der Waals surface area contributed by atoms with Crippen LogP contribution >= 0.6 is 0 Å². The number of aliphatic hydroxyl groups excluding tert-OH is 2. The second kappa shape index (κ2) is 12.8. The van der Waals surface area contributed by atoms with Gasteiger partial charge in [0.2, 0.25) is 5.91 Å². The molecule has 8 nitrogen and oxygen atoms in total. The largest absolute Gasteiger partial charge is 0.393 e. The van der Waals surface area contributed by atoms with Crippen LogP contribution < -0.4 is 10.6 Å². The van der Waals surface area contributed by atoms with Gasteiger partial charge < -0.3 is 15.5 Å². The van der Waals surface area contributed by atoms with Crippen LogP contribution in [0.15, 0.2) is 42.1 Å². The van der Waals surface area contributed by atoms with E-state index in [1.807, 2.05) is 39.8 Å². The second-order valence-corrected chi connectivity index (χ2v) is 12.8. The summed E-state index contributed by atoms with van der Waals surface area (Å²) in [6.07, 6.45) is 3.91. The van der Waals surface area contributed by atoms with E-state index in [1.165, 1.54) is 0 Å². The van der Waals surface area contributed by atoms with Crippen molar-refractivity contribution in [1.82, 2.24) is 15.6 Å². The quantitative estimate of drug-likeness (QED) is 0.298. The van der Waals surface area contributed by atoms with Gasteiger partial charge >= 0.3 is 0 Å². The molecule has 1 amide bonds. The van der Waals surface area contributed by atoms with E-state index in [0.717, 1.165) is 28.8 Å². The number of nitrogens with one attached hydrogen (secondary N) is 2. The minimum absolute atomic E-state index is 0.146. The van der Waals surface area contributed by atoms with Crippen molar-refractivity contribution in [2.24, 2.45) is 16.7 Å². The average Bonchev–Trinajstić information content (AvgIpc) is 3.77. The third-order valence-corrected chi connectivity index (χ3v) is 8.56. The van der Waals surface area contributed by atoms with Crippen molar-refractivity contribution in [3.05, 3.63) is 65.5 Å². The number of carbonyl (C=O) groups is 2. The predicted molar refractivity (Wildman–Crippen MR) is 160 cm³/mol. The molecule has 1 aromatic heterocycles. The molecular weight excluding hydrogens is 528 g/mol. The lowest BCUT2D eigenvalue weighted by Gasteiger charge is -2.34. The maximum atomic E-state index is 13.7. The molecule has 0 spiro atoms. The number of rotatable bonds is 11. The van der Waals surface area contributed by atoms with E-state index in [0.29, 0.717) is 31.4 Å². The second-order valence-electron chi connectivity index (χ2n) is 12.8. The van der Waals surface area contributed by atoms with E-state index < -0.39 is 41.0 Å². The molecule has 0 bridgehead atoms. The molecule has 1 aromatic carbocycles. The van der Waals surface area contributed by atoms with E-state index in [1.54, 1.807) is 12.3 Å². The first kappa shape index (κ1) is 31.4. The summed E-state index contributed by atoms with van der Waals surface area (Å²) in [5.41, 5.74) is 2.71. The van der Waals surface area contributed by atoms with Gasteiger partial charge in [0, 0.05) is 18.9 Å². The van der Waals surface area contributed by atoms with Crippen molar-refractivity contribution < 1.29 is 19.8 Å². The van der Waals surface area contributed by atoms with Gasteiger partial charge in [0.1, 0.15) is 11.6 Å². The number of nitrogens with zero attached hydrogens (tertiary/aromatic N) is 2. The Morgan fingerprint density at radius 2 is 1.93 bits per heavy atom. The van der Waals surface area contributed by atoms with E-state index in [9.17, 15) is 25.1 Å². The summed E-state index contributed by atoms with van der Waals surface area (Å²) in [4.78, 5) is 30.8. The molecule has 8 heteroatoms. The highest BCUT2D eigenvalue weighted by Gasteiger charge is 2.52. The first-order valence-electron chi connectivity index (χ1n) is 14.8. The normalized spacial score (nSPS) is 21.6. The molecule has 222 valence electrons. The average molecular weight is 571 g/mol. The van der Waals surface area contributed by atoms with Crippen molar-refractivity contribution in [2.75, 3.05) is 6.54 Å². The Bertz CT molecular complexity index is 1350. The summed E-state index contributed by atoms with van der Waals surface area (Å²) in [5.74, 6) is -1.03. The highest BCUT2D eigenvalue weighted by atomic mass is 16.3. The molecule has 0 aliphatic heterocycles. The van der Waals surface area contributed by atoms with E-state index in [-0.39, 0.29) is 18.1 Å². The molecule has 1 saturated carbocycles. The molecule has 0 radical (unpaired) electrons. The van der Waals surface area contributed by atoms with Crippen LogP contribution in [0.3, 0.4) is 0 Å². The summed E-state index contributed by atoms with van der Waals surface area (Å²) < 4.78 is 0. The summed E-state index contributed by atoms with van der Waals surface area (Å²) >= 11 is 0. The number of hydrogen-bond acceptors (Lipinski definition) is 7. The summed E-state index contributed by atoms with van der Waals surface area (Å²) in [6.45, 7) is 10.1. The van der Waals surface area contributed by atoms with E-state index >= 15 is 0 Å². The van der Waals surface area contributed by atoms with Gasteiger partial charge in [-0.25, -0.2) is 0 Å². The molecule has 4 rings (SSSR count). The number of carbonyl (C=O) groups excluding carboxylic acids is 2. The predicted octanol–water partition coefficient (Wildman–Crippen LogP) is 4.16. The highest BCUT2D eigenvalue weighted by Crippen LogP contribution is 2.45. The van der Waals surface area contributed by atoms with Crippen LogP contribution in [-0.4, -0.2) is 51.8 Å². The fraction of sp³-hybridized carbons (Fsp3) is 0.529. The van der Waals surface area contributed by atoms with Crippen LogP contribution in [-0.2, 0) is 9.59 Å². The molecule has 1 heterocycles. The molecule has 0 saturated heterocycles. The molecule has 2 aliphatic carbocycles. The molecule has 4 N–H and O–H groups in total. The standard InChI is InChI=1S/C34H42N4O4/c1-6-22(23-9-11-24(12-10-23)28-8-7-15-36-21(28)2)19-37-31(41)26-16-25(17-27(39)18-26)29(40)30(33(3,4)5)38-32(42)34(20-35)13-14-34/h9-12,15-16,22,26-27,30-31,37,39,41H,6,13-14,17-19H2,1-5H3,(H,38,42)/t22?,26-,27-,30?,31?/m0/s1. The van der Waals surface area contributed by atoms with Crippen LogP contribution in [0, 0.1) is 47.1 Å². The van der Waals surface area contributed by atoms with E-state index in [2.05, 4.69) is 52.9 Å². The number of aromatic nitrogens is 1. The lowest BCUT2D eigenvalue weighted by Crippen LogP contribution is -2.52. The number of amides is 1. The Morgan fingerprint density at radius 1 is 1.24 bits per heavy atom. The maximum Gasteiger partial charge on any atom is 0.241 e. The molecule has 42 heavy (non-hydrogen) atoms. The number of ketones is 1. The maximum absolute atomic E-state index is 13.7. The highest BCUT2D eigenvalue weighted by molar-refractivity contribution is 6.03. The fourth-order valence-electron chi connectivity index (χ4n) is 5.60. The molecule has 1 fully saturated rings. The number of aryl methyl sites for hydroxylation is 1. The van der Waals surface area contributed by atoms with Gasteiger partial charge in [-0.1, -0.05) is 64.1 Å². The first-order valence-corrected chi connectivity index (χ1v) is 14.8. The number of nitriles is 1. The van der Waals surface area contributed by atoms with Crippen LogP contribution in [0.1, 0.15) is 77.0 Å². The van der Waals surface area contributed by atoms with Crippen molar-refractivity contribution in [3.8, 4) is 17.2 Å². The minimum Gasteiger partial charge on any atom is -0.393 e. The zero-order valence-electron chi connectivity index (χ0n) is 25.2. The van der Waals surface area contributed by atoms with Gasteiger partial charge in [0.25, 0.3) is 0 Å². The van der Waals surface area contributed by atoms with Crippen molar-refractivity contribution in [2.45, 2.75) is 91.0 Å². The Balaban J connectivity index is 1.43. The van der Waals surface area contributed by atoms with Crippen LogP contribution in [0.5, 0.6) is 0 Å². The van der Waals surface area contributed by atoms with Crippen LogP contribution in [0.2, 0.25) is 0 Å². The number of aliphatic hydroxyl groups is 2. The fourth-order valence-corrected chi connectivity index (χ4v) is 5.60. The Labute approximate surface area is 249 Å². The van der Waals surface area contributed by atoms with Gasteiger partial charge in [0.15, 0.2) is 5.78 Å². The van der Waals surface area contributed by atoms with Gasteiger partial charge in [-0.2, -0.15) is 5.26 Å². The van der Waals surface area contributed by atoms with Gasteiger partial charge in [-0.05, 0) is 66.7 Å². The smallest absolute Gasteiger partial charge is 0.241 e. The lowest BCUT2D eigenvalue weighted by atomic mass is 9.77. The number of benzene rings is 1. The van der Waals surface area contributed by atoms with Gasteiger partial charge in [0.05, 0.1) is 35.7 Å². The summed E-state index contributed by atoms with van der Waals surface area (Å²) in [6, 6.07) is 15.5. The minimum atomic E-state index is -1.04. The van der Waals surface area contributed by atoms with Crippen LogP contribution in [0.25, 0.3) is 11.1 Å². The van der Waals surface area contributed by atoms with Crippen molar-refractivity contribution in [1.29, 1.82) is 5.26 Å². The Hall–Kier alpha value is -3.56. The molecule has 3 unspecified atom stereocenters. The van der Waals surface area contributed by atoms with Gasteiger partial charge in [-0.3, -0.25) is 19.9 Å². The lowest BCUT2D eigenvalue weighted by molar-refractivity contribution is -0.130. The topological polar surface area (TPSA) is 135 Å². The third kappa shape index (κ3) is 7.07. The molecule has 2 aliphatic rings. The van der Waals surface area contributed by atoms with Crippen molar-refractivity contribution >= 4 is 11.7 Å². The monoisotopic (exact) mass is 570 g/mol. The molecule has 2 aromatic rings. The number of hydrogen-bond donors (Lipinski definition) is 4. The molecular formula is C34H42N4O4. The van der Waals surface area contributed by atoms with Crippen LogP contribution in [0.4, 0.5) is 0 Å². The Morgan fingerprint density at radius 3 is 2.50 bits per heavy atom. The first-order chi connectivity index (χ1) is 19.9. The van der Waals surface area contributed by atoms with Gasteiger partial charge in [-0.15, -0.1) is 0 Å². The third-order valence-electron chi connectivity index (χ3n) is 8.56. The summed E-state index contributed by atoms with van der Waals surface area (Å²) in [7, 11) is 0. The SMILES string of the molecule is CCC(CNC(O)[C@H]1C=C(C(=O)C(NC(=O)C2(C#N)CC2)C(C)(C)C)C[C@H](O)C1)c1ccc(-c2c#ccnc2C)cc1. The number of Topliss-reactive ketones (excluding diaryl/α,β-unsaturated/α-hetero) is 1. The zero-order chi connectivity index (χ0) is 30.7.